The Bertz CT molecular complexity index is 2090. The summed E-state index contributed by atoms with van der Waals surface area (Å²) >= 11 is 5.47. The predicted octanol–water partition coefficient (Wildman–Crippen LogP) is 17.1. The lowest BCUT2D eigenvalue weighted by Gasteiger charge is -2.26. The topological polar surface area (TPSA) is 0 Å². The Morgan fingerprint density at radius 1 is 0.344 bits per heavy atom. The second-order valence-corrected chi connectivity index (χ2v) is 17.5. The zero-order valence-corrected chi connectivity index (χ0v) is 40.2. The van der Waals surface area contributed by atoms with Crippen LogP contribution in [-0.4, -0.2) is 4.86 Å². The van der Waals surface area contributed by atoms with Gasteiger partial charge in [-0.05, 0) is 95.2 Å². The smallest absolute Gasteiger partial charge is 0.0521 e. The third-order valence-corrected chi connectivity index (χ3v) is 11.2. The van der Waals surface area contributed by atoms with Crippen molar-refractivity contribution in [3.63, 3.8) is 0 Å². The average molecular weight is 825 g/mol. The summed E-state index contributed by atoms with van der Waals surface area (Å²) in [5.74, 6) is 0. The van der Waals surface area contributed by atoms with Gasteiger partial charge in [-0.15, -0.1) is 0 Å². The third kappa shape index (κ3) is 18.4. The molecule has 0 N–H and O–H groups in total. The van der Waals surface area contributed by atoms with E-state index in [0.29, 0.717) is 0 Å². The van der Waals surface area contributed by atoms with Crippen molar-refractivity contribution in [2.45, 2.75) is 114 Å². The molecule has 0 unspecified atom stereocenters. The predicted molar refractivity (Wildman–Crippen MR) is 274 cm³/mol. The normalized spacial score (nSPS) is 10.3. The number of unbranched alkanes of at least 4 members (excludes halogenated alkanes) is 2. The quantitative estimate of drug-likeness (QED) is 0.109. The van der Waals surface area contributed by atoms with Crippen LogP contribution in [0.2, 0.25) is 0 Å². The number of benzene rings is 7. The zero-order valence-electron chi connectivity index (χ0n) is 39.4. The minimum Gasteiger partial charge on any atom is -0.0788 e. The van der Waals surface area contributed by atoms with Gasteiger partial charge in [0.25, 0.3) is 0 Å². The summed E-state index contributed by atoms with van der Waals surface area (Å²) in [7, 11) is 0. The molecule has 0 nitrogen and oxygen atoms in total. The van der Waals surface area contributed by atoms with Gasteiger partial charge in [-0.2, -0.15) is 0 Å². The van der Waals surface area contributed by atoms with E-state index in [1.807, 2.05) is 0 Å². The van der Waals surface area contributed by atoms with Crippen molar-refractivity contribution in [1.82, 2.24) is 0 Å². The van der Waals surface area contributed by atoms with E-state index >= 15 is 0 Å². The van der Waals surface area contributed by atoms with Crippen LogP contribution in [0.25, 0.3) is 0 Å². The van der Waals surface area contributed by atoms with Crippen LogP contribution < -0.4 is 0 Å². The molecular weight excluding hydrogens is 753 g/mol. The number of hydrogen-bond acceptors (Lipinski definition) is 1. The molecule has 61 heavy (non-hydrogen) atoms. The summed E-state index contributed by atoms with van der Waals surface area (Å²) in [6.45, 7) is 25.8. The average Bonchev–Trinajstić information content (AvgIpc) is 3.25. The summed E-state index contributed by atoms with van der Waals surface area (Å²) in [6.07, 6.45) is 5.10. The first-order valence-corrected chi connectivity index (χ1v) is 22.5. The van der Waals surface area contributed by atoms with E-state index in [2.05, 4.69) is 253 Å². The van der Waals surface area contributed by atoms with Crippen LogP contribution >= 0.6 is 12.2 Å². The van der Waals surface area contributed by atoms with Crippen LogP contribution in [-0.2, 0) is 11.8 Å². The van der Waals surface area contributed by atoms with Gasteiger partial charge < -0.3 is 0 Å². The lowest BCUT2D eigenvalue weighted by molar-refractivity contribution is 0.640. The van der Waals surface area contributed by atoms with E-state index < -0.39 is 0 Å². The second-order valence-electron chi connectivity index (χ2n) is 17.1. The minimum atomic E-state index is 0.0708. The van der Waals surface area contributed by atoms with Crippen LogP contribution in [0.3, 0.4) is 0 Å². The van der Waals surface area contributed by atoms with Gasteiger partial charge in [0.1, 0.15) is 0 Å². The molecule has 318 valence electrons. The van der Waals surface area contributed by atoms with E-state index in [-0.39, 0.29) is 5.41 Å². The van der Waals surface area contributed by atoms with Crippen molar-refractivity contribution in [1.29, 1.82) is 0 Å². The Morgan fingerprint density at radius 2 is 0.557 bits per heavy atom. The molecule has 7 aromatic carbocycles. The zero-order chi connectivity index (χ0) is 44.8. The molecule has 0 aliphatic carbocycles. The van der Waals surface area contributed by atoms with Crippen molar-refractivity contribution >= 4 is 17.1 Å². The van der Waals surface area contributed by atoms with Crippen LogP contribution in [0.1, 0.15) is 125 Å². The highest BCUT2D eigenvalue weighted by molar-refractivity contribution is 7.81. The highest BCUT2D eigenvalue weighted by Gasteiger charge is 2.22. The molecule has 0 bridgehead atoms. The minimum absolute atomic E-state index is 0.0708. The molecule has 0 aliphatic heterocycles. The SMILES string of the molecule is CCCCC.Cc1ccc(C(=S)c2ccc(C)cc2)cc1.Cc1ccc(C(C)(C)c2ccc(C)cc2)cc1.Cc1ccc(C)cc1.Cc1ccc(Cc2ccc(C)cc2)cc1. The molecule has 0 radical (unpaired) electrons. The summed E-state index contributed by atoms with van der Waals surface area (Å²) in [5.41, 5.74) is 18.2. The fourth-order valence-corrected chi connectivity index (χ4v) is 6.59. The first-order chi connectivity index (χ1) is 29.1. The maximum absolute atomic E-state index is 5.47. The number of hydrogen-bond donors (Lipinski definition) is 0. The molecule has 0 saturated heterocycles. The van der Waals surface area contributed by atoms with E-state index in [0.717, 1.165) is 22.4 Å². The molecule has 0 fully saturated rings. The van der Waals surface area contributed by atoms with E-state index in [1.54, 1.807) is 0 Å². The maximum Gasteiger partial charge on any atom is 0.0521 e. The molecular formula is C60H72S. The molecule has 0 saturated carbocycles. The monoisotopic (exact) mass is 825 g/mol. The van der Waals surface area contributed by atoms with Crippen molar-refractivity contribution in [2.24, 2.45) is 0 Å². The summed E-state index contributed by atoms with van der Waals surface area (Å²) in [6, 6.07) is 60.3. The van der Waals surface area contributed by atoms with Crippen molar-refractivity contribution in [3.05, 3.63) is 248 Å². The number of aryl methyl sites for hydroxylation is 8. The summed E-state index contributed by atoms with van der Waals surface area (Å²) in [5, 5.41) is 0. The fourth-order valence-electron chi connectivity index (χ4n) is 6.32. The molecule has 0 amide bonds. The largest absolute Gasteiger partial charge is 0.0788 e. The van der Waals surface area contributed by atoms with Crippen LogP contribution in [0.5, 0.6) is 0 Å². The Morgan fingerprint density at radius 3 is 0.787 bits per heavy atom. The molecule has 0 atom stereocenters. The van der Waals surface area contributed by atoms with Crippen molar-refractivity contribution < 1.29 is 0 Å². The lowest BCUT2D eigenvalue weighted by atomic mass is 9.78. The van der Waals surface area contributed by atoms with Crippen LogP contribution in [0.15, 0.2) is 170 Å². The molecule has 7 aromatic rings. The van der Waals surface area contributed by atoms with Gasteiger partial charge in [-0.3, -0.25) is 0 Å². The van der Waals surface area contributed by atoms with Crippen molar-refractivity contribution in [2.75, 3.05) is 0 Å². The fraction of sp³-hybridized carbons (Fsp3) is 0.283. The van der Waals surface area contributed by atoms with Gasteiger partial charge in [-0.1, -0.05) is 274 Å². The molecule has 0 spiro atoms. The first kappa shape index (κ1) is 50.0. The van der Waals surface area contributed by atoms with Gasteiger partial charge in [0.15, 0.2) is 0 Å². The summed E-state index contributed by atoms with van der Waals surface area (Å²) in [4.78, 5) is 0.917. The van der Waals surface area contributed by atoms with Gasteiger partial charge >= 0.3 is 0 Å². The van der Waals surface area contributed by atoms with Gasteiger partial charge in [-0.25, -0.2) is 0 Å². The summed E-state index contributed by atoms with van der Waals surface area (Å²) < 4.78 is 0. The first-order valence-electron chi connectivity index (χ1n) is 22.1. The van der Waals surface area contributed by atoms with Gasteiger partial charge in [0.05, 0.1) is 4.86 Å². The molecule has 0 heterocycles. The number of rotatable bonds is 8. The Kier molecular flexibility index (Phi) is 21.4. The molecule has 1 heteroatoms. The van der Waals surface area contributed by atoms with Crippen LogP contribution in [0.4, 0.5) is 0 Å². The van der Waals surface area contributed by atoms with Gasteiger partial charge in [0.2, 0.25) is 0 Å². The van der Waals surface area contributed by atoms with E-state index in [4.69, 9.17) is 12.2 Å². The maximum atomic E-state index is 5.47. The highest BCUT2D eigenvalue weighted by Crippen LogP contribution is 2.31. The molecule has 0 aromatic heterocycles. The van der Waals surface area contributed by atoms with Crippen molar-refractivity contribution in [3.8, 4) is 0 Å². The Hall–Kier alpha value is -5.37. The molecule has 0 aliphatic rings. The van der Waals surface area contributed by atoms with E-state index in [1.165, 1.54) is 86.0 Å². The van der Waals surface area contributed by atoms with E-state index in [9.17, 15) is 0 Å². The third-order valence-electron chi connectivity index (χ3n) is 10.7. The Labute approximate surface area is 377 Å². The second kappa shape index (κ2) is 26.1. The lowest BCUT2D eigenvalue weighted by Crippen LogP contribution is -2.18. The highest BCUT2D eigenvalue weighted by atomic mass is 32.1. The van der Waals surface area contributed by atoms with Gasteiger partial charge in [0, 0.05) is 5.41 Å². The molecule has 7 rings (SSSR count). The number of thiocarbonyl (C=S) groups is 1. The standard InChI is InChI=1S/C17H20.C15H14S.C15H16.C8H10.C5H12/c1-13-5-9-15(10-6-13)17(3,4)16-11-7-14(2)8-12-16;1-11-3-7-13(8-4-11)15(16)14-9-5-12(2)6-10-14;1-12-3-7-14(8-4-12)11-15-9-5-13(2)6-10-15;1-7-3-5-8(2)6-4-7;1-3-5-4-2/h5-12H,1-4H3;3-10H,1-2H3;3-10H,11H2,1-2H3;3-6H,1-2H3;3-5H2,1-2H3. The Balaban J connectivity index is 0.000000214. The van der Waals surface area contributed by atoms with Crippen LogP contribution in [0, 0.1) is 55.4 Å².